The van der Waals surface area contributed by atoms with Crippen LogP contribution in [0.5, 0.6) is 0 Å². The first kappa shape index (κ1) is 14.5. The van der Waals surface area contributed by atoms with Crippen molar-refractivity contribution in [3.8, 4) is 0 Å². The van der Waals surface area contributed by atoms with Gasteiger partial charge in [-0.1, -0.05) is 19.4 Å². The van der Waals surface area contributed by atoms with Crippen molar-refractivity contribution in [3.63, 3.8) is 0 Å². The Kier molecular flexibility index (Phi) is 4.26. The minimum absolute atomic E-state index is 0.0313. The normalized spacial score (nSPS) is 27.5. The number of hydrogen-bond donors (Lipinski definition) is 1. The van der Waals surface area contributed by atoms with Crippen molar-refractivity contribution < 1.29 is 14.2 Å². The van der Waals surface area contributed by atoms with E-state index in [1.807, 2.05) is 19.9 Å². The van der Waals surface area contributed by atoms with E-state index in [-0.39, 0.29) is 11.9 Å². The molecule has 19 heavy (non-hydrogen) atoms. The molecule has 1 fully saturated rings. The second-order valence-electron chi connectivity index (χ2n) is 5.71. The van der Waals surface area contributed by atoms with Gasteiger partial charge in [-0.2, -0.15) is 0 Å². The maximum Gasteiger partial charge on any atom is 0.129 e. The molecule has 0 spiro atoms. The highest BCUT2D eigenvalue weighted by Crippen LogP contribution is 2.39. The number of aliphatic hydroxyl groups is 1. The average molecular weight is 266 g/mol. The highest BCUT2D eigenvalue weighted by atomic mass is 19.1. The molecule has 1 aromatic rings. The summed E-state index contributed by atoms with van der Waals surface area (Å²) >= 11 is 0. The highest BCUT2D eigenvalue weighted by Gasteiger charge is 2.39. The first-order valence-electron chi connectivity index (χ1n) is 7.07. The number of aryl methyl sites for hydroxylation is 2. The van der Waals surface area contributed by atoms with Gasteiger partial charge in [-0.15, -0.1) is 0 Å². The second-order valence-corrected chi connectivity index (χ2v) is 5.71. The predicted octanol–water partition coefficient (Wildman–Crippen LogP) is 3.61. The summed E-state index contributed by atoms with van der Waals surface area (Å²) in [6, 6.07) is 3.44. The zero-order chi connectivity index (χ0) is 14.0. The van der Waals surface area contributed by atoms with E-state index in [2.05, 4.69) is 6.92 Å². The molecule has 0 aromatic heterocycles. The van der Waals surface area contributed by atoms with Gasteiger partial charge in [-0.25, -0.2) is 4.39 Å². The summed E-state index contributed by atoms with van der Waals surface area (Å²) in [6.45, 7) is 6.32. The minimum atomic E-state index is -1.08. The summed E-state index contributed by atoms with van der Waals surface area (Å²) in [7, 11) is 0. The zero-order valence-corrected chi connectivity index (χ0v) is 12.0. The fraction of sp³-hybridized carbons (Fsp3) is 0.625. The summed E-state index contributed by atoms with van der Waals surface area (Å²) in [5.41, 5.74) is 1.10. The molecule has 2 atom stereocenters. The lowest BCUT2D eigenvalue weighted by molar-refractivity contribution is -0.111. The molecule has 2 unspecified atom stereocenters. The molecule has 1 saturated heterocycles. The van der Waals surface area contributed by atoms with Gasteiger partial charge in [0.1, 0.15) is 5.82 Å². The molecule has 1 aromatic carbocycles. The van der Waals surface area contributed by atoms with Gasteiger partial charge in [0.05, 0.1) is 18.3 Å². The molecule has 1 aliphatic rings. The van der Waals surface area contributed by atoms with E-state index in [9.17, 15) is 9.50 Å². The first-order valence-corrected chi connectivity index (χ1v) is 7.07. The number of hydrogen-bond acceptors (Lipinski definition) is 2. The van der Waals surface area contributed by atoms with Gasteiger partial charge in [0.15, 0.2) is 0 Å². The van der Waals surface area contributed by atoms with Crippen LogP contribution in [-0.2, 0) is 10.3 Å². The van der Waals surface area contributed by atoms with Crippen LogP contribution in [0.1, 0.15) is 49.3 Å². The highest BCUT2D eigenvalue weighted by molar-refractivity contribution is 5.36. The summed E-state index contributed by atoms with van der Waals surface area (Å²) in [4.78, 5) is 0. The van der Waals surface area contributed by atoms with Gasteiger partial charge >= 0.3 is 0 Å². The Morgan fingerprint density at radius 3 is 2.79 bits per heavy atom. The van der Waals surface area contributed by atoms with E-state index in [4.69, 9.17) is 4.74 Å². The predicted molar refractivity (Wildman–Crippen MR) is 73.7 cm³/mol. The fourth-order valence-electron chi connectivity index (χ4n) is 3.17. The van der Waals surface area contributed by atoms with Crippen LogP contribution in [0.15, 0.2) is 12.1 Å². The van der Waals surface area contributed by atoms with Crippen LogP contribution in [0.2, 0.25) is 0 Å². The van der Waals surface area contributed by atoms with Crippen molar-refractivity contribution in [3.05, 3.63) is 34.6 Å². The summed E-state index contributed by atoms with van der Waals surface area (Å²) in [5, 5.41) is 10.9. The maximum atomic E-state index is 14.3. The van der Waals surface area contributed by atoms with Gasteiger partial charge in [0.2, 0.25) is 0 Å². The second kappa shape index (κ2) is 5.59. The molecule has 1 heterocycles. The quantitative estimate of drug-likeness (QED) is 0.905. The Balaban J connectivity index is 2.33. The van der Waals surface area contributed by atoms with E-state index in [1.54, 1.807) is 0 Å². The Hall–Kier alpha value is -0.930. The van der Waals surface area contributed by atoms with E-state index in [0.717, 1.165) is 24.0 Å². The smallest absolute Gasteiger partial charge is 0.129 e. The number of benzene rings is 1. The van der Waals surface area contributed by atoms with Crippen LogP contribution in [0, 0.1) is 19.7 Å². The van der Waals surface area contributed by atoms with E-state index in [1.165, 1.54) is 6.07 Å². The molecule has 0 aliphatic carbocycles. The maximum absolute atomic E-state index is 14.3. The van der Waals surface area contributed by atoms with Crippen LogP contribution in [0.4, 0.5) is 4.39 Å². The molecule has 2 rings (SSSR count). The van der Waals surface area contributed by atoms with Gasteiger partial charge in [0.25, 0.3) is 0 Å². The number of ether oxygens (including phenoxy) is 1. The fourth-order valence-corrected chi connectivity index (χ4v) is 3.17. The number of halogens is 1. The van der Waals surface area contributed by atoms with Gasteiger partial charge in [-0.05, 0) is 37.5 Å². The van der Waals surface area contributed by atoms with Gasteiger partial charge in [-0.3, -0.25) is 0 Å². The van der Waals surface area contributed by atoms with Crippen molar-refractivity contribution in [2.75, 3.05) is 6.61 Å². The van der Waals surface area contributed by atoms with Crippen LogP contribution < -0.4 is 0 Å². The van der Waals surface area contributed by atoms with Crippen molar-refractivity contribution >= 4 is 0 Å². The molecule has 0 radical (unpaired) electrons. The van der Waals surface area contributed by atoms with Crippen LogP contribution >= 0.6 is 0 Å². The minimum Gasteiger partial charge on any atom is -0.385 e. The standard InChI is InChI=1S/C16H23FO2/c1-4-5-13-10-16(18,6-7-19-13)15-12(3)8-11(2)9-14(15)17/h8-9,13,18H,4-7,10H2,1-3H3. The Bertz CT molecular complexity index is 433. The molecular weight excluding hydrogens is 243 g/mol. The Morgan fingerprint density at radius 2 is 2.16 bits per heavy atom. The van der Waals surface area contributed by atoms with Crippen molar-refractivity contribution in [2.24, 2.45) is 0 Å². The molecule has 2 nitrogen and oxygen atoms in total. The average Bonchev–Trinajstić information content (AvgIpc) is 2.27. The third-order valence-corrected chi connectivity index (χ3v) is 3.94. The lowest BCUT2D eigenvalue weighted by atomic mass is 9.80. The third kappa shape index (κ3) is 2.98. The molecule has 0 bridgehead atoms. The Morgan fingerprint density at radius 1 is 1.42 bits per heavy atom. The SMILES string of the molecule is CCCC1CC(O)(c2c(C)cc(C)cc2F)CCO1. The van der Waals surface area contributed by atoms with Gasteiger partial charge < -0.3 is 9.84 Å². The molecular formula is C16H23FO2. The van der Waals surface area contributed by atoms with Gasteiger partial charge in [0, 0.05) is 18.4 Å². The van der Waals surface area contributed by atoms with E-state index >= 15 is 0 Å². The summed E-state index contributed by atoms with van der Waals surface area (Å²) < 4.78 is 19.9. The summed E-state index contributed by atoms with van der Waals surface area (Å²) in [5.74, 6) is -0.294. The lowest BCUT2D eigenvalue weighted by Gasteiger charge is -2.38. The zero-order valence-electron chi connectivity index (χ0n) is 12.0. The van der Waals surface area contributed by atoms with Crippen LogP contribution in [0.25, 0.3) is 0 Å². The van der Waals surface area contributed by atoms with E-state index < -0.39 is 5.60 Å². The third-order valence-electron chi connectivity index (χ3n) is 3.94. The number of rotatable bonds is 3. The van der Waals surface area contributed by atoms with E-state index in [0.29, 0.717) is 25.0 Å². The molecule has 1 N–H and O–H groups in total. The van der Waals surface area contributed by atoms with Crippen LogP contribution in [-0.4, -0.2) is 17.8 Å². The monoisotopic (exact) mass is 266 g/mol. The lowest BCUT2D eigenvalue weighted by Crippen LogP contribution is -2.39. The van der Waals surface area contributed by atoms with Crippen molar-refractivity contribution in [1.82, 2.24) is 0 Å². The molecule has 3 heteroatoms. The van der Waals surface area contributed by atoms with Crippen molar-refractivity contribution in [2.45, 2.75) is 58.2 Å². The topological polar surface area (TPSA) is 29.5 Å². The first-order chi connectivity index (χ1) is 8.96. The molecule has 1 aliphatic heterocycles. The molecule has 0 amide bonds. The van der Waals surface area contributed by atoms with Crippen LogP contribution in [0.3, 0.4) is 0 Å². The van der Waals surface area contributed by atoms with Crippen molar-refractivity contribution in [1.29, 1.82) is 0 Å². The molecule has 0 saturated carbocycles. The largest absolute Gasteiger partial charge is 0.385 e. The summed E-state index contributed by atoms with van der Waals surface area (Å²) in [6.07, 6.45) is 2.91. The molecule has 106 valence electrons. The Labute approximate surface area is 114 Å².